The van der Waals surface area contributed by atoms with Crippen molar-refractivity contribution in [2.24, 2.45) is 0 Å². The van der Waals surface area contributed by atoms with Crippen molar-refractivity contribution < 1.29 is 14.0 Å². The Morgan fingerprint density at radius 3 is 2.12 bits per heavy atom. The summed E-state index contributed by atoms with van der Waals surface area (Å²) in [6.45, 7) is 3.00. The van der Waals surface area contributed by atoms with Crippen LogP contribution in [-0.2, 0) is 29.0 Å². The number of carbonyl (C=O) groups excluding carboxylic acids is 2. The second kappa shape index (κ2) is 10.3. The summed E-state index contributed by atoms with van der Waals surface area (Å²) in [5.41, 5.74) is 2.16. The van der Waals surface area contributed by atoms with E-state index in [1.807, 2.05) is 72.5 Å². The van der Waals surface area contributed by atoms with E-state index in [2.05, 4.69) is 12.1 Å². The average Bonchev–Trinajstić information content (AvgIpc) is 3.57. The molecule has 4 rings (SSSR count). The van der Waals surface area contributed by atoms with Crippen LogP contribution < -0.4 is 0 Å². The standard InChI is InChI=1S/C27H30N2O3/c1-21-12-15-25(32-21)19-28(17-16-22-8-4-2-5-9-22)27(31)20-29(24-13-14-24)26(30)18-23-10-6-3-7-11-23/h2-12,15,24H,13-14,16-20H2,1H3. The van der Waals surface area contributed by atoms with Gasteiger partial charge in [-0.3, -0.25) is 9.59 Å². The molecule has 1 aromatic heterocycles. The molecule has 1 aliphatic carbocycles. The molecule has 1 saturated carbocycles. The van der Waals surface area contributed by atoms with Crippen LogP contribution >= 0.6 is 0 Å². The Bertz CT molecular complexity index is 1030. The number of nitrogens with zero attached hydrogens (tertiary/aromatic N) is 2. The largest absolute Gasteiger partial charge is 0.464 e. The zero-order chi connectivity index (χ0) is 22.3. The second-order valence-electron chi connectivity index (χ2n) is 8.48. The predicted molar refractivity (Wildman–Crippen MR) is 124 cm³/mol. The minimum atomic E-state index is -0.0386. The molecule has 32 heavy (non-hydrogen) atoms. The molecule has 3 aromatic rings. The summed E-state index contributed by atoms with van der Waals surface area (Å²) in [7, 11) is 0. The van der Waals surface area contributed by atoms with Crippen molar-refractivity contribution >= 4 is 11.8 Å². The normalized spacial score (nSPS) is 13.0. The fraction of sp³-hybridized carbons (Fsp3) is 0.333. The van der Waals surface area contributed by atoms with E-state index in [0.29, 0.717) is 19.5 Å². The predicted octanol–water partition coefficient (Wildman–Crippen LogP) is 4.39. The molecule has 0 spiro atoms. The van der Waals surface area contributed by atoms with E-state index in [1.54, 1.807) is 4.90 Å². The minimum Gasteiger partial charge on any atom is -0.464 e. The van der Waals surface area contributed by atoms with E-state index in [0.717, 1.165) is 36.3 Å². The Kier molecular flexibility index (Phi) is 7.05. The summed E-state index contributed by atoms with van der Waals surface area (Å²) < 4.78 is 5.73. The lowest BCUT2D eigenvalue weighted by Gasteiger charge is -2.27. The van der Waals surface area contributed by atoms with Crippen molar-refractivity contribution in [1.29, 1.82) is 0 Å². The number of benzene rings is 2. The van der Waals surface area contributed by atoms with E-state index in [4.69, 9.17) is 4.42 Å². The highest BCUT2D eigenvalue weighted by molar-refractivity contribution is 5.86. The molecule has 1 aliphatic rings. The molecular formula is C27H30N2O3. The van der Waals surface area contributed by atoms with Crippen LogP contribution in [0, 0.1) is 6.92 Å². The lowest BCUT2D eigenvalue weighted by atomic mass is 10.1. The molecular weight excluding hydrogens is 400 g/mol. The minimum absolute atomic E-state index is 0.0175. The highest BCUT2D eigenvalue weighted by Gasteiger charge is 2.34. The maximum absolute atomic E-state index is 13.4. The number of carbonyl (C=O) groups is 2. The summed E-state index contributed by atoms with van der Waals surface area (Å²) >= 11 is 0. The number of hydrogen-bond donors (Lipinski definition) is 0. The van der Waals surface area contributed by atoms with Gasteiger partial charge >= 0.3 is 0 Å². The quantitative estimate of drug-likeness (QED) is 0.479. The van der Waals surface area contributed by atoms with Crippen molar-refractivity contribution in [1.82, 2.24) is 9.80 Å². The van der Waals surface area contributed by atoms with Crippen LogP contribution in [0.5, 0.6) is 0 Å². The maximum Gasteiger partial charge on any atom is 0.242 e. The number of aryl methyl sites for hydroxylation is 1. The highest BCUT2D eigenvalue weighted by Crippen LogP contribution is 2.27. The molecule has 1 fully saturated rings. The number of rotatable bonds is 10. The highest BCUT2D eigenvalue weighted by atomic mass is 16.3. The van der Waals surface area contributed by atoms with E-state index in [1.165, 1.54) is 5.56 Å². The van der Waals surface area contributed by atoms with Gasteiger partial charge in [0.05, 0.1) is 13.0 Å². The molecule has 166 valence electrons. The van der Waals surface area contributed by atoms with Crippen LogP contribution in [0.25, 0.3) is 0 Å². The Morgan fingerprint density at radius 2 is 1.53 bits per heavy atom. The van der Waals surface area contributed by atoms with Crippen LogP contribution in [0.2, 0.25) is 0 Å². The second-order valence-corrected chi connectivity index (χ2v) is 8.48. The monoisotopic (exact) mass is 430 g/mol. The molecule has 0 saturated heterocycles. The number of furan rings is 1. The van der Waals surface area contributed by atoms with Gasteiger partial charge in [0, 0.05) is 12.6 Å². The van der Waals surface area contributed by atoms with E-state index < -0.39 is 0 Å². The third kappa shape index (κ3) is 6.10. The third-order valence-electron chi connectivity index (χ3n) is 5.82. The molecule has 0 N–H and O–H groups in total. The molecule has 2 aromatic carbocycles. The Morgan fingerprint density at radius 1 is 0.875 bits per heavy atom. The first-order valence-corrected chi connectivity index (χ1v) is 11.3. The first kappa shape index (κ1) is 21.9. The number of amides is 2. The van der Waals surface area contributed by atoms with Crippen molar-refractivity contribution in [2.75, 3.05) is 13.1 Å². The van der Waals surface area contributed by atoms with E-state index in [-0.39, 0.29) is 24.4 Å². The summed E-state index contributed by atoms with van der Waals surface area (Å²) in [4.78, 5) is 30.0. The van der Waals surface area contributed by atoms with Gasteiger partial charge in [-0.15, -0.1) is 0 Å². The van der Waals surface area contributed by atoms with Crippen molar-refractivity contribution in [2.45, 2.75) is 45.2 Å². The summed E-state index contributed by atoms with van der Waals surface area (Å²) in [6.07, 6.45) is 3.02. The Hall–Kier alpha value is -3.34. The third-order valence-corrected chi connectivity index (χ3v) is 5.82. The van der Waals surface area contributed by atoms with Crippen LogP contribution in [-0.4, -0.2) is 40.7 Å². The fourth-order valence-corrected chi connectivity index (χ4v) is 3.88. The van der Waals surface area contributed by atoms with Crippen molar-refractivity contribution in [3.05, 3.63) is 95.4 Å². The smallest absolute Gasteiger partial charge is 0.242 e. The molecule has 0 unspecified atom stereocenters. The molecule has 0 radical (unpaired) electrons. The Labute approximate surface area is 189 Å². The summed E-state index contributed by atoms with van der Waals surface area (Å²) in [5.74, 6) is 1.57. The zero-order valence-electron chi connectivity index (χ0n) is 18.6. The fourth-order valence-electron chi connectivity index (χ4n) is 3.88. The average molecular weight is 431 g/mol. The van der Waals surface area contributed by atoms with Gasteiger partial charge in [-0.2, -0.15) is 0 Å². The van der Waals surface area contributed by atoms with Gasteiger partial charge in [-0.25, -0.2) is 0 Å². The summed E-state index contributed by atoms with van der Waals surface area (Å²) in [5, 5.41) is 0. The zero-order valence-corrected chi connectivity index (χ0v) is 18.6. The SMILES string of the molecule is Cc1ccc(CN(CCc2ccccc2)C(=O)CN(C(=O)Cc2ccccc2)C2CC2)o1. The van der Waals surface area contributed by atoms with Crippen molar-refractivity contribution in [3.8, 4) is 0 Å². The van der Waals surface area contributed by atoms with E-state index >= 15 is 0 Å². The topological polar surface area (TPSA) is 53.8 Å². The van der Waals surface area contributed by atoms with E-state index in [9.17, 15) is 9.59 Å². The van der Waals surface area contributed by atoms with Gasteiger partial charge in [0.15, 0.2) is 0 Å². The van der Waals surface area contributed by atoms with Crippen LogP contribution in [0.4, 0.5) is 0 Å². The van der Waals surface area contributed by atoms with Gasteiger partial charge in [-0.05, 0) is 49.4 Å². The molecule has 5 nitrogen and oxygen atoms in total. The number of hydrogen-bond acceptors (Lipinski definition) is 3. The molecule has 5 heteroatoms. The molecule has 0 aliphatic heterocycles. The van der Waals surface area contributed by atoms with Gasteiger partial charge in [0.1, 0.15) is 18.1 Å². The maximum atomic E-state index is 13.4. The summed E-state index contributed by atoms with van der Waals surface area (Å²) in [6, 6.07) is 23.9. The van der Waals surface area contributed by atoms with Gasteiger partial charge < -0.3 is 14.2 Å². The Balaban J connectivity index is 1.44. The molecule has 2 amide bonds. The van der Waals surface area contributed by atoms with Gasteiger partial charge in [0.25, 0.3) is 0 Å². The first-order valence-electron chi connectivity index (χ1n) is 11.3. The van der Waals surface area contributed by atoms with Crippen LogP contribution in [0.15, 0.2) is 77.2 Å². The lowest BCUT2D eigenvalue weighted by Crippen LogP contribution is -2.44. The van der Waals surface area contributed by atoms with Gasteiger partial charge in [-0.1, -0.05) is 60.7 Å². The van der Waals surface area contributed by atoms with Crippen molar-refractivity contribution in [3.63, 3.8) is 0 Å². The van der Waals surface area contributed by atoms with Gasteiger partial charge in [0.2, 0.25) is 11.8 Å². The van der Waals surface area contributed by atoms with Crippen LogP contribution in [0.1, 0.15) is 35.5 Å². The molecule has 0 bridgehead atoms. The van der Waals surface area contributed by atoms with Crippen LogP contribution in [0.3, 0.4) is 0 Å². The molecule has 1 heterocycles. The first-order chi connectivity index (χ1) is 15.6. The molecule has 0 atom stereocenters. The lowest BCUT2D eigenvalue weighted by molar-refractivity contribution is -0.141.